The Morgan fingerprint density at radius 1 is 0.850 bits per heavy atom. The number of hydrogen-bond acceptors (Lipinski definition) is 1. The molecule has 100 valence electrons. The van der Waals surface area contributed by atoms with Crippen LogP contribution in [0.5, 0.6) is 0 Å². The lowest BCUT2D eigenvalue weighted by atomic mass is 10.1. The van der Waals surface area contributed by atoms with Gasteiger partial charge in [0.05, 0.1) is 0 Å². The molecule has 0 aliphatic heterocycles. The van der Waals surface area contributed by atoms with Crippen molar-refractivity contribution in [2.75, 3.05) is 5.32 Å². The number of nitrogens with one attached hydrogen (secondary N) is 1. The molecule has 3 heteroatoms. The first-order valence-electron chi connectivity index (χ1n) is 6.38. The first-order chi connectivity index (χ1) is 9.70. The average Bonchev–Trinajstić information content (AvgIpc) is 2.46. The number of benzene rings is 3. The van der Waals surface area contributed by atoms with Crippen molar-refractivity contribution in [1.29, 1.82) is 0 Å². The molecule has 0 saturated heterocycles. The van der Waals surface area contributed by atoms with Crippen molar-refractivity contribution < 1.29 is 0 Å². The van der Waals surface area contributed by atoms with Gasteiger partial charge in [-0.3, -0.25) is 0 Å². The van der Waals surface area contributed by atoms with Crippen LogP contribution in [0.4, 0.5) is 5.69 Å². The van der Waals surface area contributed by atoms with Crippen molar-refractivity contribution in [2.24, 2.45) is 0 Å². The van der Waals surface area contributed by atoms with Crippen LogP contribution in [0.2, 0.25) is 0 Å². The van der Waals surface area contributed by atoms with Gasteiger partial charge in [-0.25, -0.2) is 0 Å². The Morgan fingerprint density at radius 3 is 2.35 bits per heavy atom. The highest BCUT2D eigenvalue weighted by molar-refractivity contribution is 14.1. The van der Waals surface area contributed by atoms with E-state index in [1.807, 2.05) is 0 Å². The van der Waals surface area contributed by atoms with Crippen LogP contribution in [-0.4, -0.2) is 0 Å². The summed E-state index contributed by atoms with van der Waals surface area (Å²) < 4.78 is 2.38. The summed E-state index contributed by atoms with van der Waals surface area (Å²) in [7, 11) is 0. The Balaban J connectivity index is 1.77. The Hall–Kier alpha value is -1.07. The molecule has 0 fully saturated rings. The number of halogens is 2. The zero-order valence-corrected chi connectivity index (χ0v) is 14.5. The van der Waals surface area contributed by atoms with E-state index in [2.05, 4.69) is 105 Å². The molecule has 0 saturated carbocycles. The summed E-state index contributed by atoms with van der Waals surface area (Å²) >= 11 is 5.83. The zero-order valence-electron chi connectivity index (χ0n) is 10.7. The maximum atomic E-state index is 3.50. The highest BCUT2D eigenvalue weighted by Gasteiger charge is 1.98. The summed E-state index contributed by atoms with van der Waals surface area (Å²) in [5.41, 5.74) is 2.44. The van der Waals surface area contributed by atoms with Gasteiger partial charge in [0, 0.05) is 20.3 Å². The summed E-state index contributed by atoms with van der Waals surface area (Å²) in [6.07, 6.45) is 0. The van der Waals surface area contributed by atoms with Crippen molar-refractivity contribution >= 4 is 55.0 Å². The number of fused-ring (bicyclic) bond motifs is 1. The van der Waals surface area contributed by atoms with E-state index in [1.54, 1.807) is 0 Å². The lowest BCUT2D eigenvalue weighted by Crippen LogP contribution is -1.99. The summed E-state index contributed by atoms with van der Waals surface area (Å²) in [6.45, 7) is 0.846. The first kappa shape index (κ1) is 13.9. The average molecular weight is 438 g/mol. The van der Waals surface area contributed by atoms with Crippen molar-refractivity contribution in [3.05, 3.63) is 74.3 Å². The van der Waals surface area contributed by atoms with Gasteiger partial charge in [0.2, 0.25) is 0 Å². The van der Waals surface area contributed by atoms with Crippen molar-refractivity contribution in [1.82, 2.24) is 0 Å². The van der Waals surface area contributed by atoms with E-state index in [0.29, 0.717) is 0 Å². The standard InChI is InChI=1S/C17H13BrIN/c18-15-5-3-14-10-17(8-4-13(14)9-15)20-11-12-1-6-16(19)7-2-12/h1-10,20H,11H2. The van der Waals surface area contributed by atoms with Crippen LogP contribution in [0, 0.1) is 3.57 Å². The number of anilines is 1. The predicted octanol–water partition coefficient (Wildman–Crippen LogP) is 5.82. The molecule has 0 bridgehead atoms. The molecule has 0 aliphatic carbocycles. The zero-order chi connectivity index (χ0) is 13.9. The lowest BCUT2D eigenvalue weighted by molar-refractivity contribution is 1.15. The van der Waals surface area contributed by atoms with Crippen LogP contribution in [-0.2, 0) is 6.54 Å². The predicted molar refractivity (Wildman–Crippen MR) is 98.1 cm³/mol. The quantitative estimate of drug-likeness (QED) is 0.509. The van der Waals surface area contributed by atoms with E-state index < -0.39 is 0 Å². The summed E-state index contributed by atoms with van der Waals surface area (Å²) in [6, 6.07) is 21.4. The molecule has 1 nitrogen and oxygen atoms in total. The van der Waals surface area contributed by atoms with E-state index in [9.17, 15) is 0 Å². The fourth-order valence-electron chi connectivity index (χ4n) is 2.13. The molecule has 0 aromatic heterocycles. The second-order valence-corrected chi connectivity index (χ2v) is 6.85. The molecule has 1 N–H and O–H groups in total. The highest BCUT2D eigenvalue weighted by Crippen LogP contribution is 2.23. The minimum atomic E-state index is 0.846. The minimum Gasteiger partial charge on any atom is -0.381 e. The highest BCUT2D eigenvalue weighted by atomic mass is 127. The molecule has 3 aromatic rings. The van der Waals surface area contributed by atoms with E-state index in [-0.39, 0.29) is 0 Å². The Bertz CT molecular complexity index is 738. The van der Waals surface area contributed by atoms with Gasteiger partial charge in [-0.15, -0.1) is 0 Å². The molecular formula is C17H13BrIN. The summed E-state index contributed by atoms with van der Waals surface area (Å²) in [4.78, 5) is 0. The van der Waals surface area contributed by atoms with Gasteiger partial charge in [0.25, 0.3) is 0 Å². The first-order valence-corrected chi connectivity index (χ1v) is 8.25. The largest absolute Gasteiger partial charge is 0.381 e. The van der Waals surface area contributed by atoms with Gasteiger partial charge in [-0.05, 0) is 75.3 Å². The molecule has 0 amide bonds. The van der Waals surface area contributed by atoms with Crippen LogP contribution in [0.15, 0.2) is 65.1 Å². The third kappa shape index (κ3) is 3.33. The van der Waals surface area contributed by atoms with Gasteiger partial charge < -0.3 is 5.32 Å². The van der Waals surface area contributed by atoms with E-state index >= 15 is 0 Å². The van der Waals surface area contributed by atoms with E-state index in [4.69, 9.17) is 0 Å². The molecule has 0 unspecified atom stereocenters. The van der Waals surface area contributed by atoms with Gasteiger partial charge in [-0.1, -0.05) is 40.2 Å². The monoisotopic (exact) mass is 437 g/mol. The normalized spacial score (nSPS) is 10.7. The lowest BCUT2D eigenvalue weighted by Gasteiger charge is -2.08. The number of rotatable bonds is 3. The smallest absolute Gasteiger partial charge is 0.0400 e. The molecule has 0 heterocycles. The molecule has 3 aromatic carbocycles. The van der Waals surface area contributed by atoms with Crippen molar-refractivity contribution in [2.45, 2.75) is 6.54 Å². The van der Waals surface area contributed by atoms with Crippen LogP contribution in [0.1, 0.15) is 5.56 Å². The fraction of sp³-hybridized carbons (Fsp3) is 0.0588. The molecule has 3 rings (SSSR count). The molecule has 0 spiro atoms. The molecule has 0 aliphatic rings. The molecule has 0 atom stereocenters. The Labute approximate surface area is 140 Å². The second kappa shape index (κ2) is 6.14. The van der Waals surface area contributed by atoms with Crippen LogP contribution in [0.3, 0.4) is 0 Å². The molecule has 0 radical (unpaired) electrons. The maximum Gasteiger partial charge on any atom is 0.0400 e. The van der Waals surface area contributed by atoms with Crippen LogP contribution >= 0.6 is 38.5 Å². The summed E-state index contributed by atoms with van der Waals surface area (Å²) in [5.74, 6) is 0. The van der Waals surface area contributed by atoms with Gasteiger partial charge in [0.1, 0.15) is 0 Å². The fourth-order valence-corrected chi connectivity index (χ4v) is 2.87. The van der Waals surface area contributed by atoms with Crippen molar-refractivity contribution in [3.63, 3.8) is 0 Å². The van der Waals surface area contributed by atoms with Gasteiger partial charge in [-0.2, -0.15) is 0 Å². The SMILES string of the molecule is Brc1ccc2cc(NCc3ccc(I)cc3)ccc2c1. The summed E-state index contributed by atoms with van der Waals surface area (Å²) in [5, 5.41) is 5.97. The van der Waals surface area contributed by atoms with E-state index in [0.717, 1.165) is 16.7 Å². The van der Waals surface area contributed by atoms with E-state index in [1.165, 1.54) is 19.9 Å². The van der Waals surface area contributed by atoms with Crippen molar-refractivity contribution in [3.8, 4) is 0 Å². The topological polar surface area (TPSA) is 12.0 Å². The molecule has 20 heavy (non-hydrogen) atoms. The maximum absolute atomic E-state index is 3.50. The molecular weight excluding hydrogens is 425 g/mol. The Kier molecular flexibility index (Phi) is 4.27. The third-order valence-corrected chi connectivity index (χ3v) is 4.42. The van der Waals surface area contributed by atoms with Crippen LogP contribution < -0.4 is 5.32 Å². The van der Waals surface area contributed by atoms with Gasteiger partial charge >= 0.3 is 0 Å². The second-order valence-electron chi connectivity index (χ2n) is 4.69. The minimum absolute atomic E-state index is 0.846. The number of hydrogen-bond donors (Lipinski definition) is 1. The van der Waals surface area contributed by atoms with Crippen LogP contribution in [0.25, 0.3) is 10.8 Å². The third-order valence-electron chi connectivity index (χ3n) is 3.21. The van der Waals surface area contributed by atoms with Gasteiger partial charge in [0.15, 0.2) is 0 Å². The Morgan fingerprint density at radius 2 is 1.55 bits per heavy atom.